The minimum atomic E-state index is -4.52. The number of nitrogens with zero attached hydrogens (tertiary/aromatic N) is 1. The van der Waals surface area contributed by atoms with Gasteiger partial charge in [0.05, 0.1) is 20.8 Å². The topological polar surface area (TPSA) is 129 Å². The third kappa shape index (κ3) is 6.12. The van der Waals surface area contributed by atoms with Gasteiger partial charge in [-0.15, -0.1) is 0 Å². The number of nitro benzene ring substituents is 1. The predicted molar refractivity (Wildman–Crippen MR) is 60.8 cm³/mol. The smallest absolute Gasteiger partial charge is 0.748 e. The fraction of sp³-hybridized carbons (Fsp3) is 0.222. The van der Waals surface area contributed by atoms with Crippen LogP contribution in [0.15, 0.2) is 18.2 Å². The van der Waals surface area contributed by atoms with Gasteiger partial charge in [0, 0.05) is 13.0 Å². The van der Waals surface area contributed by atoms with E-state index in [9.17, 15) is 27.9 Å². The molecule has 8 nitrogen and oxygen atoms in total. The van der Waals surface area contributed by atoms with Crippen molar-refractivity contribution in [2.24, 2.45) is 0 Å². The van der Waals surface area contributed by atoms with E-state index in [1.807, 2.05) is 0 Å². The summed E-state index contributed by atoms with van der Waals surface area (Å²) < 4.78 is 31.6. The summed E-state index contributed by atoms with van der Waals surface area (Å²) in [6, 6.07) is 3.36. The van der Waals surface area contributed by atoms with Crippen molar-refractivity contribution in [2.75, 3.05) is 5.32 Å². The first-order chi connectivity index (χ1) is 8.19. The Labute approximate surface area is 131 Å². The maximum Gasteiger partial charge on any atom is 1.00 e. The molecule has 1 amide bonds. The average Bonchev–Trinajstić information content (AvgIpc) is 2.17. The number of carbonyl (C=O) groups excluding carboxylic acids is 1. The third-order valence-corrected chi connectivity index (χ3v) is 2.60. The number of nitrogens with one attached hydrogen (secondary N) is 1. The van der Waals surface area contributed by atoms with E-state index in [0.29, 0.717) is 0 Å². The van der Waals surface area contributed by atoms with Crippen LogP contribution in [0.25, 0.3) is 0 Å². The van der Waals surface area contributed by atoms with Crippen LogP contribution in [-0.2, 0) is 20.7 Å². The molecule has 0 saturated heterocycles. The second-order valence-electron chi connectivity index (χ2n) is 3.49. The number of hydrogen-bond donors (Lipinski definition) is 1. The van der Waals surface area contributed by atoms with Gasteiger partial charge in [-0.25, -0.2) is 8.42 Å². The molecule has 0 heterocycles. The van der Waals surface area contributed by atoms with Crippen molar-refractivity contribution in [3.8, 4) is 0 Å². The summed E-state index contributed by atoms with van der Waals surface area (Å²) in [5.41, 5.74) is -0.531. The van der Waals surface area contributed by atoms with Crippen LogP contribution in [0, 0.1) is 10.1 Å². The van der Waals surface area contributed by atoms with Gasteiger partial charge in [0.1, 0.15) is 5.69 Å². The maximum absolute atomic E-state index is 10.8. The molecule has 1 rings (SSSR count). The van der Waals surface area contributed by atoms with E-state index in [1.165, 1.54) is 19.1 Å². The molecule has 0 saturated carbocycles. The van der Waals surface area contributed by atoms with Crippen LogP contribution in [0.3, 0.4) is 0 Å². The Hall–Kier alpha value is -1.000. The molecular formula is C9H9N2NaO6S. The molecule has 1 aromatic carbocycles. The zero-order valence-corrected chi connectivity index (χ0v) is 13.1. The Balaban J connectivity index is 0.00000324. The number of benzene rings is 1. The van der Waals surface area contributed by atoms with Crippen LogP contribution in [0.2, 0.25) is 0 Å². The van der Waals surface area contributed by atoms with Crippen LogP contribution in [0.4, 0.5) is 11.4 Å². The number of anilines is 1. The molecule has 98 valence electrons. The molecule has 0 aromatic heterocycles. The normalized spacial score (nSPS) is 10.4. The van der Waals surface area contributed by atoms with E-state index >= 15 is 0 Å². The van der Waals surface area contributed by atoms with Gasteiger partial charge >= 0.3 is 29.6 Å². The Morgan fingerprint density at radius 2 is 2.00 bits per heavy atom. The van der Waals surface area contributed by atoms with Crippen molar-refractivity contribution in [1.82, 2.24) is 0 Å². The largest absolute Gasteiger partial charge is 1.00 e. The maximum atomic E-state index is 10.8. The van der Waals surface area contributed by atoms with Gasteiger partial charge in [-0.3, -0.25) is 14.9 Å². The molecule has 1 aromatic rings. The molecule has 10 heteroatoms. The molecule has 0 bridgehead atoms. The first-order valence-corrected chi connectivity index (χ1v) is 6.25. The molecular weight excluding hydrogens is 287 g/mol. The summed E-state index contributed by atoms with van der Waals surface area (Å²) in [5, 5.41) is 13.0. The van der Waals surface area contributed by atoms with Gasteiger partial charge in [-0.1, -0.05) is 6.07 Å². The van der Waals surface area contributed by atoms with Gasteiger partial charge in [0.15, 0.2) is 0 Å². The van der Waals surface area contributed by atoms with Crippen molar-refractivity contribution in [1.29, 1.82) is 0 Å². The van der Waals surface area contributed by atoms with Crippen LogP contribution < -0.4 is 34.9 Å². The number of carbonyl (C=O) groups is 1. The van der Waals surface area contributed by atoms with E-state index < -0.39 is 32.4 Å². The third-order valence-electron chi connectivity index (χ3n) is 1.91. The molecule has 0 aliphatic heterocycles. The predicted octanol–water partition coefficient (Wildman–Crippen LogP) is -2.40. The van der Waals surface area contributed by atoms with Crippen molar-refractivity contribution >= 4 is 27.4 Å². The molecule has 0 fully saturated rings. The van der Waals surface area contributed by atoms with Crippen LogP contribution in [-0.4, -0.2) is 23.8 Å². The second kappa shape index (κ2) is 6.96. The number of amides is 1. The second-order valence-corrected chi connectivity index (χ2v) is 4.90. The van der Waals surface area contributed by atoms with Crippen molar-refractivity contribution < 1.29 is 52.2 Å². The SMILES string of the molecule is CC(=O)Nc1ccc(CS(=O)(=O)[O-])cc1[N+](=O)[O-].[Na+]. The molecule has 0 atom stereocenters. The van der Waals surface area contributed by atoms with Gasteiger partial charge in [-0.2, -0.15) is 0 Å². The van der Waals surface area contributed by atoms with Crippen molar-refractivity contribution in [3.63, 3.8) is 0 Å². The minimum absolute atomic E-state index is 0. The minimum Gasteiger partial charge on any atom is -0.748 e. The van der Waals surface area contributed by atoms with Crippen LogP contribution >= 0.6 is 0 Å². The molecule has 19 heavy (non-hydrogen) atoms. The molecule has 1 N–H and O–H groups in total. The summed E-state index contributed by atoms with van der Waals surface area (Å²) in [6.07, 6.45) is 0. The Bertz CT molecular complexity index is 601. The van der Waals surface area contributed by atoms with Crippen molar-refractivity contribution in [2.45, 2.75) is 12.7 Å². The summed E-state index contributed by atoms with van der Waals surface area (Å²) in [5.74, 6) is -1.34. The average molecular weight is 296 g/mol. The van der Waals surface area contributed by atoms with Gasteiger partial charge in [0.25, 0.3) is 5.69 Å². The molecule has 0 spiro atoms. The van der Waals surface area contributed by atoms with Crippen LogP contribution in [0.1, 0.15) is 12.5 Å². The Kier molecular flexibility index (Phi) is 6.60. The number of hydrogen-bond acceptors (Lipinski definition) is 6. The summed E-state index contributed by atoms with van der Waals surface area (Å²) in [4.78, 5) is 20.8. The summed E-state index contributed by atoms with van der Waals surface area (Å²) >= 11 is 0. The number of rotatable bonds is 4. The van der Waals surface area contributed by atoms with Crippen molar-refractivity contribution in [3.05, 3.63) is 33.9 Å². The zero-order valence-electron chi connectivity index (χ0n) is 10.2. The molecule has 0 aliphatic rings. The first kappa shape index (κ1) is 18.0. The fourth-order valence-electron chi connectivity index (χ4n) is 1.32. The number of nitro groups is 1. The van der Waals surface area contributed by atoms with E-state index in [0.717, 1.165) is 6.07 Å². The monoisotopic (exact) mass is 296 g/mol. The summed E-state index contributed by atoms with van der Waals surface area (Å²) in [7, 11) is -4.52. The Morgan fingerprint density at radius 3 is 2.42 bits per heavy atom. The van der Waals surface area contributed by atoms with E-state index in [2.05, 4.69) is 5.32 Å². The molecule has 0 unspecified atom stereocenters. The van der Waals surface area contributed by atoms with E-state index in [4.69, 9.17) is 0 Å². The van der Waals surface area contributed by atoms with Crippen LogP contribution in [0.5, 0.6) is 0 Å². The summed E-state index contributed by atoms with van der Waals surface area (Å²) in [6.45, 7) is 1.18. The fourth-order valence-corrected chi connectivity index (χ4v) is 1.91. The molecule has 0 aliphatic carbocycles. The Morgan fingerprint density at radius 1 is 1.42 bits per heavy atom. The van der Waals surface area contributed by atoms with Gasteiger partial charge in [-0.05, 0) is 11.6 Å². The van der Waals surface area contributed by atoms with Gasteiger partial charge < -0.3 is 9.87 Å². The van der Waals surface area contributed by atoms with E-state index in [1.54, 1.807) is 0 Å². The van der Waals surface area contributed by atoms with E-state index in [-0.39, 0.29) is 40.8 Å². The zero-order chi connectivity index (χ0) is 13.9. The molecule has 0 radical (unpaired) electrons. The standard InChI is InChI=1S/C9H10N2O6S.Na/c1-6(12)10-8-3-2-7(5-18(15,16)17)4-9(8)11(13)14;/h2-4H,5H2,1H3,(H,10,12)(H,15,16,17);/q;+1/p-1. The first-order valence-electron chi connectivity index (χ1n) is 4.67. The van der Waals surface area contributed by atoms with Gasteiger partial charge in [0.2, 0.25) is 5.91 Å². The quantitative estimate of drug-likeness (QED) is 0.285.